The van der Waals surface area contributed by atoms with Gasteiger partial charge < -0.3 is 14.5 Å². The first-order valence-electron chi connectivity index (χ1n) is 8.39. The first kappa shape index (κ1) is 15.5. The Morgan fingerprint density at radius 1 is 1.05 bits per heavy atom. The van der Waals surface area contributed by atoms with Crippen LogP contribution >= 0.6 is 0 Å². The van der Waals surface area contributed by atoms with E-state index < -0.39 is 0 Å². The number of methoxy groups -OCH3 is 1. The number of amides is 2. The maximum absolute atomic E-state index is 12.7. The van der Waals surface area contributed by atoms with E-state index >= 15 is 0 Å². The van der Waals surface area contributed by atoms with E-state index in [1.54, 1.807) is 0 Å². The van der Waals surface area contributed by atoms with Crippen molar-refractivity contribution in [2.75, 3.05) is 39.9 Å². The standard InChI is InChI=1S/C17H26N2O3/c1-22-12-16(20)18-8-6-13(7-9-18)17(21)19-10-14-4-2-3-5-15(14)11-19/h2-3,13-15H,4-12H2,1H3/t14-,15+. The SMILES string of the molecule is COCC(=O)N1CCC(C(=O)N2C[C@H]3CC=CC[C@H]3C2)CC1. The summed E-state index contributed by atoms with van der Waals surface area (Å²) < 4.78 is 4.89. The van der Waals surface area contributed by atoms with Gasteiger partial charge in [-0.1, -0.05) is 12.2 Å². The molecule has 0 N–H and O–H groups in total. The highest BCUT2D eigenvalue weighted by atomic mass is 16.5. The second kappa shape index (κ2) is 6.82. The van der Waals surface area contributed by atoms with Gasteiger partial charge in [0, 0.05) is 39.2 Å². The number of hydrogen-bond acceptors (Lipinski definition) is 3. The molecular formula is C17H26N2O3. The molecule has 2 heterocycles. The van der Waals surface area contributed by atoms with Gasteiger partial charge in [0.1, 0.15) is 6.61 Å². The fraction of sp³-hybridized carbons (Fsp3) is 0.765. The lowest BCUT2D eigenvalue weighted by atomic mass is 9.86. The molecule has 0 saturated carbocycles. The molecule has 3 aliphatic rings. The van der Waals surface area contributed by atoms with Crippen molar-refractivity contribution in [1.82, 2.24) is 9.80 Å². The number of likely N-dealkylation sites (tertiary alicyclic amines) is 2. The molecule has 2 saturated heterocycles. The molecule has 5 nitrogen and oxygen atoms in total. The zero-order valence-corrected chi connectivity index (χ0v) is 13.4. The highest BCUT2D eigenvalue weighted by Gasteiger charge is 2.38. The van der Waals surface area contributed by atoms with Crippen LogP contribution in [0, 0.1) is 17.8 Å². The lowest BCUT2D eigenvalue weighted by Gasteiger charge is -2.33. The summed E-state index contributed by atoms with van der Waals surface area (Å²) in [5.41, 5.74) is 0. The van der Waals surface area contributed by atoms with E-state index in [2.05, 4.69) is 17.1 Å². The molecule has 3 rings (SSSR count). The van der Waals surface area contributed by atoms with E-state index in [4.69, 9.17) is 4.74 Å². The van der Waals surface area contributed by atoms with Crippen LogP contribution in [0.5, 0.6) is 0 Å². The van der Waals surface area contributed by atoms with Gasteiger partial charge in [0.15, 0.2) is 0 Å². The summed E-state index contributed by atoms with van der Waals surface area (Å²) >= 11 is 0. The second-order valence-electron chi connectivity index (χ2n) is 6.79. The van der Waals surface area contributed by atoms with Crippen LogP contribution in [0.25, 0.3) is 0 Å². The van der Waals surface area contributed by atoms with Crippen LogP contribution in [0.2, 0.25) is 0 Å². The summed E-state index contributed by atoms with van der Waals surface area (Å²) in [5, 5.41) is 0. The molecule has 2 fully saturated rings. The lowest BCUT2D eigenvalue weighted by molar-refractivity contribution is -0.142. The number of fused-ring (bicyclic) bond motifs is 1. The molecule has 0 aromatic carbocycles. The van der Waals surface area contributed by atoms with E-state index in [1.807, 2.05) is 4.90 Å². The molecule has 0 unspecified atom stereocenters. The molecule has 0 aromatic heterocycles. The Balaban J connectivity index is 1.49. The maximum atomic E-state index is 12.7. The third kappa shape index (κ3) is 3.19. The molecule has 2 amide bonds. The number of hydrogen-bond donors (Lipinski definition) is 0. The number of ether oxygens (including phenoxy) is 1. The van der Waals surface area contributed by atoms with Crippen molar-refractivity contribution in [2.45, 2.75) is 25.7 Å². The van der Waals surface area contributed by atoms with E-state index in [1.165, 1.54) is 7.11 Å². The largest absolute Gasteiger partial charge is 0.375 e. The fourth-order valence-corrected chi connectivity index (χ4v) is 4.04. The molecule has 22 heavy (non-hydrogen) atoms. The van der Waals surface area contributed by atoms with Gasteiger partial charge in [0.05, 0.1) is 0 Å². The molecule has 0 aromatic rings. The summed E-state index contributed by atoms with van der Waals surface area (Å²) in [4.78, 5) is 28.4. The van der Waals surface area contributed by atoms with Gasteiger partial charge in [-0.2, -0.15) is 0 Å². The average molecular weight is 306 g/mol. The Hall–Kier alpha value is -1.36. The van der Waals surface area contributed by atoms with Crippen molar-refractivity contribution in [1.29, 1.82) is 0 Å². The van der Waals surface area contributed by atoms with Gasteiger partial charge in [-0.3, -0.25) is 9.59 Å². The molecule has 0 radical (unpaired) electrons. The first-order chi connectivity index (χ1) is 10.7. The molecule has 1 aliphatic carbocycles. The van der Waals surface area contributed by atoms with Crippen LogP contribution in [0.4, 0.5) is 0 Å². The quantitative estimate of drug-likeness (QED) is 0.739. The van der Waals surface area contributed by atoms with E-state index in [9.17, 15) is 9.59 Å². The van der Waals surface area contributed by atoms with Crippen molar-refractivity contribution in [3.63, 3.8) is 0 Å². The Labute approximate surface area is 132 Å². The van der Waals surface area contributed by atoms with Gasteiger partial charge in [-0.15, -0.1) is 0 Å². The summed E-state index contributed by atoms with van der Waals surface area (Å²) in [6.07, 6.45) is 8.34. The van der Waals surface area contributed by atoms with Crippen molar-refractivity contribution in [3.05, 3.63) is 12.2 Å². The minimum Gasteiger partial charge on any atom is -0.375 e. The maximum Gasteiger partial charge on any atom is 0.248 e. The topological polar surface area (TPSA) is 49.9 Å². The van der Waals surface area contributed by atoms with Gasteiger partial charge in [0.2, 0.25) is 11.8 Å². The molecule has 5 heteroatoms. The Kier molecular flexibility index (Phi) is 4.81. The Morgan fingerprint density at radius 3 is 2.18 bits per heavy atom. The summed E-state index contributed by atoms with van der Waals surface area (Å²) in [5.74, 6) is 1.77. The van der Waals surface area contributed by atoms with Gasteiger partial charge in [-0.05, 0) is 37.5 Å². The molecular weight excluding hydrogens is 280 g/mol. The van der Waals surface area contributed by atoms with Crippen LogP contribution in [-0.2, 0) is 14.3 Å². The smallest absolute Gasteiger partial charge is 0.248 e. The minimum absolute atomic E-state index is 0.0339. The summed E-state index contributed by atoms with van der Waals surface area (Å²) in [6.45, 7) is 3.36. The van der Waals surface area contributed by atoms with E-state index in [0.29, 0.717) is 30.8 Å². The third-order valence-corrected chi connectivity index (χ3v) is 5.40. The van der Waals surface area contributed by atoms with Gasteiger partial charge >= 0.3 is 0 Å². The number of carbonyl (C=O) groups is 2. The zero-order chi connectivity index (χ0) is 15.5. The van der Waals surface area contributed by atoms with Gasteiger partial charge in [0.25, 0.3) is 0 Å². The second-order valence-corrected chi connectivity index (χ2v) is 6.79. The van der Waals surface area contributed by atoms with Gasteiger partial charge in [-0.25, -0.2) is 0 Å². The first-order valence-corrected chi connectivity index (χ1v) is 8.39. The summed E-state index contributed by atoms with van der Waals surface area (Å²) in [7, 11) is 1.54. The number of allylic oxidation sites excluding steroid dienone is 2. The number of piperidine rings is 1. The summed E-state index contributed by atoms with van der Waals surface area (Å²) in [6, 6.07) is 0. The van der Waals surface area contributed by atoms with Crippen molar-refractivity contribution in [2.24, 2.45) is 17.8 Å². The van der Waals surface area contributed by atoms with Crippen LogP contribution in [-0.4, -0.2) is 61.5 Å². The van der Waals surface area contributed by atoms with Crippen LogP contribution in [0.3, 0.4) is 0 Å². The minimum atomic E-state index is 0.0339. The molecule has 0 bridgehead atoms. The number of carbonyl (C=O) groups excluding carboxylic acids is 2. The Bertz CT molecular complexity index is 439. The zero-order valence-electron chi connectivity index (χ0n) is 13.4. The molecule has 0 spiro atoms. The highest BCUT2D eigenvalue weighted by molar-refractivity contribution is 5.80. The van der Waals surface area contributed by atoms with Crippen LogP contribution in [0.1, 0.15) is 25.7 Å². The lowest BCUT2D eigenvalue weighted by Crippen LogP contribution is -2.45. The number of nitrogens with zero attached hydrogens (tertiary/aromatic N) is 2. The van der Waals surface area contributed by atoms with Crippen molar-refractivity contribution >= 4 is 11.8 Å². The average Bonchev–Trinajstić information content (AvgIpc) is 2.98. The predicted molar refractivity (Wildman–Crippen MR) is 83.1 cm³/mol. The van der Waals surface area contributed by atoms with E-state index in [0.717, 1.165) is 38.8 Å². The van der Waals surface area contributed by atoms with E-state index in [-0.39, 0.29) is 18.4 Å². The third-order valence-electron chi connectivity index (χ3n) is 5.40. The monoisotopic (exact) mass is 306 g/mol. The normalized spacial score (nSPS) is 28.8. The number of rotatable bonds is 3. The highest BCUT2D eigenvalue weighted by Crippen LogP contribution is 2.34. The van der Waals surface area contributed by atoms with Crippen molar-refractivity contribution < 1.29 is 14.3 Å². The molecule has 2 atom stereocenters. The predicted octanol–water partition coefficient (Wildman–Crippen LogP) is 1.30. The molecule has 122 valence electrons. The van der Waals surface area contributed by atoms with Crippen LogP contribution in [0.15, 0.2) is 12.2 Å². The molecule has 2 aliphatic heterocycles. The Morgan fingerprint density at radius 2 is 1.64 bits per heavy atom. The fourth-order valence-electron chi connectivity index (χ4n) is 4.04. The van der Waals surface area contributed by atoms with Crippen molar-refractivity contribution in [3.8, 4) is 0 Å². The van der Waals surface area contributed by atoms with Crippen LogP contribution < -0.4 is 0 Å².